The summed E-state index contributed by atoms with van der Waals surface area (Å²) in [5.41, 5.74) is 1.69. The number of carbonyl (C=O) groups is 1. The summed E-state index contributed by atoms with van der Waals surface area (Å²) in [4.78, 5) is 15.1. The molecule has 0 saturated heterocycles. The standard InChI is InChI=1S/C11H10N4O2/c1-7-12-11-14(6-10(16)17)8-4-2-3-5-9(8)15(11)13-7/h2-5H,6H2,1H3,(H,16,17). The fourth-order valence-corrected chi connectivity index (χ4v) is 2.01. The van der Waals surface area contributed by atoms with Crippen LogP contribution in [-0.2, 0) is 11.3 Å². The lowest BCUT2D eigenvalue weighted by Gasteiger charge is -1.99. The normalized spacial score (nSPS) is 11.4. The highest BCUT2D eigenvalue weighted by atomic mass is 16.4. The van der Waals surface area contributed by atoms with Crippen molar-refractivity contribution in [3.05, 3.63) is 30.1 Å². The highest BCUT2D eigenvalue weighted by molar-refractivity contribution is 5.82. The van der Waals surface area contributed by atoms with E-state index in [0.717, 1.165) is 11.0 Å². The van der Waals surface area contributed by atoms with Gasteiger partial charge in [-0.25, -0.2) is 0 Å². The molecule has 1 N–H and O–H groups in total. The van der Waals surface area contributed by atoms with Gasteiger partial charge in [0.1, 0.15) is 12.4 Å². The van der Waals surface area contributed by atoms with E-state index in [2.05, 4.69) is 10.1 Å². The fourth-order valence-electron chi connectivity index (χ4n) is 2.01. The third kappa shape index (κ3) is 1.37. The van der Waals surface area contributed by atoms with Crippen LogP contribution in [0.5, 0.6) is 0 Å². The van der Waals surface area contributed by atoms with Crippen LogP contribution in [0.25, 0.3) is 16.8 Å². The van der Waals surface area contributed by atoms with Crippen LogP contribution in [0.4, 0.5) is 0 Å². The molecular weight excluding hydrogens is 220 g/mol. The van der Waals surface area contributed by atoms with Crippen molar-refractivity contribution in [3.63, 3.8) is 0 Å². The lowest BCUT2D eigenvalue weighted by molar-refractivity contribution is -0.137. The largest absolute Gasteiger partial charge is 0.480 e. The summed E-state index contributed by atoms with van der Waals surface area (Å²) in [6.45, 7) is 1.67. The van der Waals surface area contributed by atoms with Gasteiger partial charge in [-0.1, -0.05) is 12.1 Å². The second kappa shape index (κ2) is 3.31. The number of para-hydroxylation sites is 2. The summed E-state index contributed by atoms with van der Waals surface area (Å²) in [5.74, 6) is 0.296. The van der Waals surface area contributed by atoms with E-state index in [9.17, 15) is 4.79 Å². The summed E-state index contributed by atoms with van der Waals surface area (Å²) < 4.78 is 3.32. The first-order chi connectivity index (χ1) is 8.16. The smallest absolute Gasteiger partial charge is 0.323 e. The fraction of sp³-hybridized carbons (Fsp3) is 0.182. The SMILES string of the molecule is Cc1nc2n(CC(=O)O)c3ccccc3n2n1. The monoisotopic (exact) mass is 230 g/mol. The Labute approximate surface area is 96.1 Å². The van der Waals surface area contributed by atoms with Crippen molar-refractivity contribution in [1.29, 1.82) is 0 Å². The predicted octanol–water partition coefficient (Wildman–Crippen LogP) is 1.08. The van der Waals surface area contributed by atoms with Gasteiger partial charge in [-0.3, -0.25) is 9.36 Å². The third-order valence-electron chi connectivity index (χ3n) is 2.63. The van der Waals surface area contributed by atoms with E-state index in [4.69, 9.17) is 5.11 Å². The Morgan fingerprint density at radius 3 is 2.76 bits per heavy atom. The Hall–Kier alpha value is -2.37. The molecule has 6 nitrogen and oxygen atoms in total. The Morgan fingerprint density at radius 2 is 2.06 bits per heavy atom. The predicted molar refractivity (Wildman–Crippen MR) is 60.9 cm³/mol. The van der Waals surface area contributed by atoms with Gasteiger partial charge >= 0.3 is 5.97 Å². The zero-order chi connectivity index (χ0) is 12.0. The van der Waals surface area contributed by atoms with Gasteiger partial charge in [0.05, 0.1) is 11.0 Å². The zero-order valence-electron chi connectivity index (χ0n) is 9.16. The molecule has 3 aromatic rings. The lowest BCUT2D eigenvalue weighted by atomic mass is 10.3. The Morgan fingerprint density at radius 1 is 1.35 bits per heavy atom. The Kier molecular flexibility index (Phi) is 1.91. The molecule has 6 heteroatoms. The van der Waals surface area contributed by atoms with Crippen LogP contribution in [0.1, 0.15) is 5.82 Å². The molecule has 2 heterocycles. The van der Waals surface area contributed by atoms with Crippen molar-refractivity contribution in [2.75, 3.05) is 0 Å². The van der Waals surface area contributed by atoms with Crippen LogP contribution < -0.4 is 0 Å². The number of nitrogens with zero attached hydrogens (tertiary/aromatic N) is 4. The molecule has 2 aromatic heterocycles. The van der Waals surface area contributed by atoms with Crippen LogP contribution >= 0.6 is 0 Å². The van der Waals surface area contributed by atoms with E-state index in [-0.39, 0.29) is 6.54 Å². The molecule has 0 spiro atoms. The molecule has 0 saturated carbocycles. The molecule has 3 rings (SSSR count). The van der Waals surface area contributed by atoms with Crippen molar-refractivity contribution < 1.29 is 9.90 Å². The molecular formula is C11H10N4O2. The van der Waals surface area contributed by atoms with Gasteiger partial charge in [-0.05, 0) is 19.1 Å². The second-order valence-corrected chi connectivity index (χ2v) is 3.84. The summed E-state index contributed by atoms with van der Waals surface area (Å²) in [6, 6.07) is 7.52. The van der Waals surface area contributed by atoms with Crippen molar-refractivity contribution in [3.8, 4) is 0 Å². The molecule has 17 heavy (non-hydrogen) atoms. The highest BCUT2D eigenvalue weighted by Crippen LogP contribution is 2.19. The number of carboxylic acids is 1. The third-order valence-corrected chi connectivity index (χ3v) is 2.63. The van der Waals surface area contributed by atoms with Gasteiger partial charge in [0.25, 0.3) is 0 Å². The van der Waals surface area contributed by atoms with Crippen molar-refractivity contribution in [1.82, 2.24) is 19.2 Å². The van der Waals surface area contributed by atoms with Gasteiger partial charge in [0, 0.05) is 0 Å². The quantitative estimate of drug-likeness (QED) is 0.714. The van der Waals surface area contributed by atoms with E-state index in [1.54, 1.807) is 16.0 Å². The van der Waals surface area contributed by atoms with Gasteiger partial charge in [-0.2, -0.15) is 9.50 Å². The summed E-state index contributed by atoms with van der Waals surface area (Å²) in [5, 5.41) is 13.2. The number of hydrogen-bond acceptors (Lipinski definition) is 3. The van der Waals surface area contributed by atoms with Crippen LogP contribution in [0.2, 0.25) is 0 Å². The minimum absolute atomic E-state index is 0.116. The maximum absolute atomic E-state index is 10.9. The summed E-state index contributed by atoms with van der Waals surface area (Å²) in [7, 11) is 0. The van der Waals surface area contributed by atoms with E-state index in [1.807, 2.05) is 24.3 Å². The second-order valence-electron chi connectivity index (χ2n) is 3.84. The molecule has 0 radical (unpaired) electrons. The molecule has 0 bridgehead atoms. The average Bonchev–Trinajstić information content (AvgIpc) is 2.78. The van der Waals surface area contributed by atoms with Crippen molar-refractivity contribution >= 4 is 22.8 Å². The average molecular weight is 230 g/mol. The maximum atomic E-state index is 10.9. The van der Waals surface area contributed by atoms with Crippen molar-refractivity contribution in [2.24, 2.45) is 0 Å². The van der Waals surface area contributed by atoms with Crippen LogP contribution in [0.15, 0.2) is 24.3 Å². The molecule has 1 aromatic carbocycles. The van der Waals surface area contributed by atoms with E-state index in [0.29, 0.717) is 11.6 Å². The topological polar surface area (TPSA) is 72.4 Å². The number of aromatic nitrogens is 4. The highest BCUT2D eigenvalue weighted by Gasteiger charge is 2.15. The maximum Gasteiger partial charge on any atom is 0.323 e. The number of aryl methyl sites for hydroxylation is 1. The first kappa shape index (κ1) is 9.83. The molecule has 0 atom stereocenters. The van der Waals surface area contributed by atoms with Gasteiger partial charge in [0.2, 0.25) is 5.78 Å². The Bertz CT molecular complexity index is 726. The summed E-state index contributed by atoms with van der Waals surface area (Å²) >= 11 is 0. The van der Waals surface area contributed by atoms with Gasteiger partial charge < -0.3 is 5.11 Å². The number of carboxylic acid groups (broad SMARTS) is 1. The number of hydrogen-bond donors (Lipinski definition) is 1. The molecule has 0 amide bonds. The molecule has 0 unspecified atom stereocenters. The molecule has 0 aliphatic rings. The lowest BCUT2D eigenvalue weighted by Crippen LogP contribution is -2.08. The first-order valence-corrected chi connectivity index (χ1v) is 5.19. The molecule has 0 aliphatic carbocycles. The van der Waals surface area contributed by atoms with E-state index in [1.165, 1.54) is 0 Å². The van der Waals surface area contributed by atoms with Crippen LogP contribution in [0.3, 0.4) is 0 Å². The Balaban J connectivity index is 2.43. The van der Waals surface area contributed by atoms with Gasteiger partial charge in [0.15, 0.2) is 0 Å². The van der Waals surface area contributed by atoms with Crippen LogP contribution in [0, 0.1) is 6.92 Å². The van der Waals surface area contributed by atoms with Crippen LogP contribution in [-0.4, -0.2) is 30.2 Å². The minimum Gasteiger partial charge on any atom is -0.480 e. The number of imidazole rings is 1. The van der Waals surface area contributed by atoms with Crippen molar-refractivity contribution in [2.45, 2.75) is 13.5 Å². The van der Waals surface area contributed by atoms with E-state index < -0.39 is 5.97 Å². The minimum atomic E-state index is -0.895. The number of fused-ring (bicyclic) bond motifs is 3. The molecule has 86 valence electrons. The van der Waals surface area contributed by atoms with Gasteiger partial charge in [-0.15, -0.1) is 5.10 Å². The zero-order valence-corrected chi connectivity index (χ0v) is 9.16. The number of benzene rings is 1. The van der Waals surface area contributed by atoms with E-state index >= 15 is 0 Å². The number of aliphatic carboxylic acids is 1. The summed E-state index contributed by atoms with van der Waals surface area (Å²) in [6.07, 6.45) is 0. The first-order valence-electron chi connectivity index (χ1n) is 5.19. The molecule has 0 aliphatic heterocycles. The molecule has 0 fully saturated rings. The number of rotatable bonds is 2.